The number of carbonyl (C=O) groups is 2. The van der Waals surface area contributed by atoms with Crippen LogP contribution in [0.2, 0.25) is 0 Å². The molecule has 0 N–H and O–H groups in total. The van der Waals surface area contributed by atoms with E-state index in [1.165, 1.54) is 5.56 Å². The van der Waals surface area contributed by atoms with Gasteiger partial charge in [-0.05, 0) is 49.1 Å². The molecule has 0 aromatic heterocycles. The predicted molar refractivity (Wildman–Crippen MR) is 108 cm³/mol. The molecule has 2 aliphatic heterocycles. The molecule has 0 aliphatic carbocycles. The van der Waals surface area contributed by atoms with Gasteiger partial charge in [0.15, 0.2) is 0 Å². The van der Waals surface area contributed by atoms with Gasteiger partial charge in [-0.2, -0.15) is 0 Å². The number of anilines is 1. The summed E-state index contributed by atoms with van der Waals surface area (Å²) in [5.74, 6) is 0.00363. The molecule has 2 aromatic rings. The number of hydrogen-bond donors (Lipinski definition) is 0. The van der Waals surface area contributed by atoms with Crippen molar-refractivity contribution in [1.82, 2.24) is 4.90 Å². The largest absolute Gasteiger partial charge is 0.361 e. The van der Waals surface area contributed by atoms with Gasteiger partial charge in [0.25, 0.3) is 11.8 Å². The van der Waals surface area contributed by atoms with Crippen molar-refractivity contribution in [2.45, 2.75) is 31.8 Å². The molecule has 0 saturated carbocycles. The molecular weight excluding hydrogens is 352 g/mol. The fourth-order valence-electron chi connectivity index (χ4n) is 4.14. The Morgan fingerprint density at radius 1 is 1.07 bits per heavy atom. The van der Waals surface area contributed by atoms with Crippen LogP contribution in [-0.4, -0.2) is 48.6 Å². The molecule has 0 radical (unpaired) electrons. The first-order valence-electron chi connectivity index (χ1n) is 9.98. The van der Waals surface area contributed by atoms with Crippen LogP contribution in [0.1, 0.15) is 35.7 Å². The molecule has 5 nitrogen and oxygen atoms in total. The summed E-state index contributed by atoms with van der Waals surface area (Å²) in [7, 11) is 0. The van der Waals surface area contributed by atoms with E-state index in [1.54, 1.807) is 4.90 Å². The molecule has 2 heterocycles. The second-order valence-electron chi connectivity index (χ2n) is 7.67. The minimum atomic E-state index is -0.499. The van der Waals surface area contributed by atoms with Gasteiger partial charge < -0.3 is 14.5 Å². The smallest absolute Gasteiger partial charge is 0.253 e. The Morgan fingerprint density at radius 2 is 1.82 bits per heavy atom. The zero-order chi connectivity index (χ0) is 19.6. The number of hydrogen-bond acceptors (Lipinski definition) is 3. The second kappa shape index (κ2) is 7.76. The highest BCUT2D eigenvalue weighted by Gasteiger charge is 2.44. The summed E-state index contributed by atoms with van der Waals surface area (Å²) in [6.45, 7) is 3.87. The molecule has 1 atom stereocenters. The number of likely N-dealkylation sites (tertiary alicyclic amines) is 1. The van der Waals surface area contributed by atoms with Crippen molar-refractivity contribution in [2.24, 2.45) is 0 Å². The van der Waals surface area contributed by atoms with Gasteiger partial charge in [0.05, 0.1) is 13.1 Å². The molecule has 2 aliphatic rings. The van der Waals surface area contributed by atoms with Crippen LogP contribution in [0.4, 0.5) is 5.69 Å². The number of rotatable bonds is 3. The van der Waals surface area contributed by atoms with E-state index >= 15 is 0 Å². The van der Waals surface area contributed by atoms with Crippen molar-refractivity contribution in [1.29, 1.82) is 0 Å². The third-order valence-corrected chi connectivity index (χ3v) is 5.75. The minimum absolute atomic E-state index is 0.0320. The second-order valence-corrected chi connectivity index (χ2v) is 7.67. The van der Waals surface area contributed by atoms with Gasteiger partial charge in [0.2, 0.25) is 0 Å². The summed E-state index contributed by atoms with van der Waals surface area (Å²) >= 11 is 0. The van der Waals surface area contributed by atoms with E-state index in [4.69, 9.17) is 4.74 Å². The molecule has 4 rings (SSSR count). The number of carbonyl (C=O) groups excluding carboxylic acids is 2. The van der Waals surface area contributed by atoms with Crippen molar-refractivity contribution < 1.29 is 14.3 Å². The maximum atomic E-state index is 13.0. The molecule has 1 spiro atoms. The Balaban J connectivity index is 1.52. The third kappa shape index (κ3) is 3.67. The van der Waals surface area contributed by atoms with Crippen LogP contribution in [-0.2, 0) is 16.0 Å². The van der Waals surface area contributed by atoms with Crippen LogP contribution in [0.5, 0.6) is 0 Å². The number of para-hydroxylation sites is 1. The highest BCUT2D eigenvalue weighted by atomic mass is 16.5. The number of piperidine rings is 1. The molecule has 28 heavy (non-hydrogen) atoms. The lowest BCUT2D eigenvalue weighted by atomic mass is 9.90. The average molecular weight is 378 g/mol. The number of amides is 2. The van der Waals surface area contributed by atoms with E-state index in [0.29, 0.717) is 18.7 Å². The first-order chi connectivity index (χ1) is 13.6. The molecule has 0 bridgehead atoms. The highest BCUT2D eigenvalue weighted by Crippen LogP contribution is 2.32. The summed E-state index contributed by atoms with van der Waals surface area (Å²) in [6, 6.07) is 17.5. The van der Waals surface area contributed by atoms with Crippen LogP contribution < -0.4 is 4.90 Å². The first-order valence-corrected chi connectivity index (χ1v) is 9.98. The fourth-order valence-corrected chi connectivity index (χ4v) is 4.14. The summed E-state index contributed by atoms with van der Waals surface area (Å²) < 4.78 is 6.04. The Bertz CT molecular complexity index is 850. The highest BCUT2D eigenvalue weighted by molar-refractivity contribution is 5.96. The molecule has 2 fully saturated rings. The summed E-state index contributed by atoms with van der Waals surface area (Å²) in [5, 5.41) is 0. The maximum Gasteiger partial charge on any atom is 0.253 e. The zero-order valence-electron chi connectivity index (χ0n) is 16.3. The molecule has 1 unspecified atom stereocenters. The van der Waals surface area contributed by atoms with Crippen molar-refractivity contribution in [3.63, 3.8) is 0 Å². The van der Waals surface area contributed by atoms with E-state index in [0.717, 1.165) is 31.5 Å². The third-order valence-electron chi connectivity index (χ3n) is 5.75. The van der Waals surface area contributed by atoms with Gasteiger partial charge in [-0.1, -0.05) is 37.3 Å². The Hall–Kier alpha value is -2.66. The first kappa shape index (κ1) is 18.7. The zero-order valence-corrected chi connectivity index (χ0v) is 16.3. The lowest BCUT2D eigenvalue weighted by Crippen LogP contribution is -2.62. The number of benzene rings is 2. The van der Waals surface area contributed by atoms with Gasteiger partial charge in [0.1, 0.15) is 12.2 Å². The van der Waals surface area contributed by atoms with E-state index in [2.05, 4.69) is 6.92 Å². The molecule has 2 amide bonds. The van der Waals surface area contributed by atoms with Gasteiger partial charge in [0, 0.05) is 17.8 Å². The van der Waals surface area contributed by atoms with Gasteiger partial charge >= 0.3 is 0 Å². The van der Waals surface area contributed by atoms with Crippen LogP contribution in [0, 0.1) is 0 Å². The summed E-state index contributed by atoms with van der Waals surface area (Å²) in [4.78, 5) is 29.1. The van der Waals surface area contributed by atoms with Crippen molar-refractivity contribution in [3.8, 4) is 0 Å². The number of nitrogens with zero attached hydrogens (tertiary/aromatic N) is 2. The quantitative estimate of drug-likeness (QED) is 0.824. The molecule has 2 saturated heterocycles. The molecule has 2 aromatic carbocycles. The lowest BCUT2D eigenvalue weighted by Gasteiger charge is -2.47. The molecule has 146 valence electrons. The van der Waals surface area contributed by atoms with Crippen molar-refractivity contribution >= 4 is 17.5 Å². The number of morpholine rings is 1. The summed E-state index contributed by atoms with van der Waals surface area (Å²) in [5.41, 5.74) is 2.32. The predicted octanol–water partition coefficient (Wildman–Crippen LogP) is 3.29. The van der Waals surface area contributed by atoms with Gasteiger partial charge in [-0.15, -0.1) is 0 Å². The van der Waals surface area contributed by atoms with E-state index in [-0.39, 0.29) is 18.4 Å². The SMILES string of the molecule is CCc1ccc(C(=O)N2CCCC3(C2)CN(c2ccccc2)C(=O)CO3)cc1. The Labute approximate surface area is 165 Å². The van der Waals surface area contributed by atoms with Gasteiger partial charge in [-0.3, -0.25) is 9.59 Å². The maximum absolute atomic E-state index is 13.0. The standard InChI is InChI=1S/C23H26N2O3/c1-2-18-9-11-19(12-10-18)22(27)24-14-6-13-23(16-24)17-25(21(26)15-28-23)20-7-4-3-5-8-20/h3-5,7-12H,2,6,13-17H2,1H3. The monoisotopic (exact) mass is 378 g/mol. The van der Waals surface area contributed by atoms with Crippen LogP contribution in [0.3, 0.4) is 0 Å². The van der Waals surface area contributed by atoms with Crippen LogP contribution in [0.15, 0.2) is 54.6 Å². The minimum Gasteiger partial charge on any atom is -0.361 e. The Morgan fingerprint density at radius 3 is 2.54 bits per heavy atom. The topological polar surface area (TPSA) is 49.9 Å². The van der Waals surface area contributed by atoms with Crippen molar-refractivity contribution in [3.05, 3.63) is 65.7 Å². The van der Waals surface area contributed by atoms with Gasteiger partial charge in [-0.25, -0.2) is 0 Å². The lowest BCUT2D eigenvalue weighted by molar-refractivity contribution is -0.144. The average Bonchev–Trinajstić information content (AvgIpc) is 2.76. The van der Waals surface area contributed by atoms with E-state index in [9.17, 15) is 9.59 Å². The molecule has 5 heteroatoms. The summed E-state index contributed by atoms with van der Waals surface area (Å²) in [6.07, 6.45) is 2.68. The molecular formula is C23H26N2O3. The van der Waals surface area contributed by atoms with Crippen molar-refractivity contribution in [2.75, 3.05) is 31.1 Å². The normalized spacial score (nSPS) is 22.5. The Kier molecular flexibility index (Phi) is 5.18. The number of aryl methyl sites for hydroxylation is 1. The van der Waals surface area contributed by atoms with Crippen LogP contribution >= 0.6 is 0 Å². The van der Waals surface area contributed by atoms with E-state index < -0.39 is 5.60 Å². The fraction of sp³-hybridized carbons (Fsp3) is 0.391. The number of ether oxygens (including phenoxy) is 1. The van der Waals surface area contributed by atoms with E-state index in [1.807, 2.05) is 59.5 Å². The van der Waals surface area contributed by atoms with Crippen LogP contribution in [0.25, 0.3) is 0 Å².